The molecule has 1 heterocycles. The minimum atomic E-state index is -5.34. The van der Waals surface area contributed by atoms with Gasteiger partial charge in [-0.05, 0) is 32.9 Å². The molecule has 1 aliphatic heterocycles. The molecule has 192 valence electrons. The average Bonchev–Trinajstić information content (AvgIpc) is 2.68. The number of ether oxygens (including phenoxy) is 2. The minimum absolute atomic E-state index is 0.252. The molecule has 0 aromatic heterocycles. The molecule has 0 bridgehead atoms. The van der Waals surface area contributed by atoms with Gasteiger partial charge in [0.15, 0.2) is 0 Å². The van der Waals surface area contributed by atoms with Gasteiger partial charge in [0.1, 0.15) is 28.7 Å². The van der Waals surface area contributed by atoms with Crippen LogP contribution < -0.4 is 5.32 Å². The maximum Gasteiger partial charge on any atom is 0.421 e. The van der Waals surface area contributed by atoms with E-state index in [0.29, 0.717) is 6.07 Å². The Kier molecular flexibility index (Phi) is 7.98. The number of rotatable bonds is 5. The summed E-state index contributed by atoms with van der Waals surface area (Å²) < 4.78 is 107. The van der Waals surface area contributed by atoms with E-state index in [2.05, 4.69) is 4.74 Å². The number of benzene rings is 1. The lowest BCUT2D eigenvalue weighted by molar-refractivity contribution is -0.139. The molecule has 0 spiro atoms. The zero-order valence-electron chi connectivity index (χ0n) is 18.9. The number of piperidine rings is 1. The quantitative estimate of drug-likeness (QED) is 0.431. The fourth-order valence-electron chi connectivity index (χ4n) is 3.53. The van der Waals surface area contributed by atoms with E-state index < -0.39 is 77.4 Å². The number of carbonyl (C=O) groups excluding carboxylic acids is 2. The van der Waals surface area contributed by atoms with Crippen LogP contribution in [0.5, 0.6) is 0 Å². The van der Waals surface area contributed by atoms with Crippen molar-refractivity contribution in [3.05, 3.63) is 29.1 Å². The number of anilines is 1. The van der Waals surface area contributed by atoms with Crippen molar-refractivity contribution in [1.29, 1.82) is 0 Å². The molecule has 1 aromatic rings. The zero-order valence-corrected chi connectivity index (χ0v) is 18.9. The number of carbonyl (C=O) groups is 2. The fourth-order valence-corrected chi connectivity index (χ4v) is 3.53. The molecule has 1 saturated heterocycles. The summed E-state index contributed by atoms with van der Waals surface area (Å²) in [5.74, 6) is -3.14. The van der Waals surface area contributed by atoms with Gasteiger partial charge in [-0.15, -0.1) is 0 Å². The van der Waals surface area contributed by atoms with Crippen molar-refractivity contribution < 1.29 is 49.8 Å². The number of hydrogen-bond acceptors (Lipinski definition) is 5. The maximum absolute atomic E-state index is 15.6. The molecular weight excluding hydrogens is 477 g/mol. The van der Waals surface area contributed by atoms with Crippen LogP contribution in [0.1, 0.15) is 49.5 Å². The zero-order chi connectivity index (χ0) is 26.1. The number of amides is 1. The number of methoxy groups -OCH3 is 1. The molecule has 2 rings (SSSR count). The lowest BCUT2D eigenvalue weighted by Crippen LogP contribution is -2.55. The van der Waals surface area contributed by atoms with E-state index in [1.54, 1.807) is 26.1 Å². The van der Waals surface area contributed by atoms with Gasteiger partial charge < -0.3 is 19.7 Å². The average molecular weight is 502 g/mol. The summed E-state index contributed by atoms with van der Waals surface area (Å²) in [6.07, 6.45) is -10.9. The number of alkyl halides is 6. The summed E-state index contributed by atoms with van der Waals surface area (Å²) in [5, 5.41) is 1.78. The van der Waals surface area contributed by atoms with Crippen LogP contribution in [0.15, 0.2) is 12.1 Å². The summed E-state index contributed by atoms with van der Waals surface area (Å²) in [6, 6.07) is -1.77. The van der Waals surface area contributed by atoms with Crippen molar-refractivity contribution in [3.63, 3.8) is 0 Å². The Morgan fingerprint density at radius 1 is 1.12 bits per heavy atom. The smallest absolute Gasteiger partial charge is 0.421 e. The lowest BCUT2D eigenvalue weighted by atomic mass is 9.85. The van der Waals surface area contributed by atoms with Crippen molar-refractivity contribution in [2.24, 2.45) is 0 Å². The van der Waals surface area contributed by atoms with Crippen molar-refractivity contribution >= 4 is 17.7 Å². The number of nitrogens with zero attached hydrogens (tertiary/aromatic N) is 1. The molecule has 1 atom stereocenters. The summed E-state index contributed by atoms with van der Waals surface area (Å²) in [4.78, 5) is 24.9. The summed E-state index contributed by atoms with van der Waals surface area (Å²) in [7, 11) is 0.891. The van der Waals surface area contributed by atoms with Crippen LogP contribution in [-0.4, -0.2) is 60.9 Å². The highest BCUT2D eigenvalue weighted by Gasteiger charge is 2.49. The molecule has 1 amide bonds. The first-order chi connectivity index (χ1) is 15.5. The first-order valence-electron chi connectivity index (χ1n) is 10.2. The van der Waals surface area contributed by atoms with Crippen molar-refractivity contribution in [2.45, 2.75) is 63.5 Å². The number of nitrogens with one attached hydrogen (secondary N) is 1. The van der Waals surface area contributed by atoms with E-state index in [1.807, 2.05) is 0 Å². The minimum Gasteiger partial charge on any atom is -0.465 e. The molecule has 1 aromatic carbocycles. The lowest BCUT2D eigenvalue weighted by Gasteiger charge is -2.41. The largest absolute Gasteiger partial charge is 0.465 e. The summed E-state index contributed by atoms with van der Waals surface area (Å²) in [5.41, 5.74) is -7.48. The van der Waals surface area contributed by atoms with Crippen molar-refractivity contribution in [3.8, 4) is 0 Å². The highest BCUT2D eigenvalue weighted by molar-refractivity contribution is 5.91. The first kappa shape index (κ1) is 27.5. The fraction of sp³-hybridized carbons (Fsp3) is 0.619. The number of esters is 1. The van der Waals surface area contributed by atoms with E-state index in [4.69, 9.17) is 4.74 Å². The third-order valence-electron chi connectivity index (χ3n) is 5.16. The van der Waals surface area contributed by atoms with Gasteiger partial charge >= 0.3 is 18.2 Å². The predicted octanol–water partition coefficient (Wildman–Crippen LogP) is 5.42. The van der Waals surface area contributed by atoms with Gasteiger partial charge in [0.25, 0.3) is 6.43 Å². The van der Waals surface area contributed by atoms with Gasteiger partial charge in [-0.25, -0.2) is 27.2 Å². The second-order valence-corrected chi connectivity index (χ2v) is 8.83. The van der Waals surface area contributed by atoms with E-state index in [-0.39, 0.29) is 19.2 Å². The van der Waals surface area contributed by atoms with Crippen LogP contribution >= 0.6 is 0 Å². The second kappa shape index (κ2) is 9.87. The molecule has 6 nitrogen and oxygen atoms in total. The Morgan fingerprint density at radius 3 is 2.12 bits per heavy atom. The van der Waals surface area contributed by atoms with E-state index in [9.17, 15) is 35.9 Å². The van der Waals surface area contributed by atoms with Gasteiger partial charge in [-0.2, -0.15) is 13.2 Å². The molecule has 0 aliphatic carbocycles. The molecule has 13 heteroatoms. The van der Waals surface area contributed by atoms with Crippen LogP contribution in [-0.2, 0) is 15.7 Å². The van der Waals surface area contributed by atoms with Crippen LogP contribution in [0.25, 0.3) is 0 Å². The molecule has 0 saturated carbocycles. The maximum atomic E-state index is 15.6. The van der Waals surface area contributed by atoms with Gasteiger partial charge in [-0.3, -0.25) is 0 Å². The SMILES string of the molecule is COC(=O)c1cc(F)c(C(F)(F)F)c(NC(C(F)F)C2(F)CCN(C(=O)OC(C)(C)C)CC2)c1. The molecule has 34 heavy (non-hydrogen) atoms. The van der Waals surface area contributed by atoms with Crippen LogP contribution in [0.4, 0.5) is 41.2 Å². The van der Waals surface area contributed by atoms with Gasteiger partial charge in [-0.1, -0.05) is 0 Å². The predicted molar refractivity (Wildman–Crippen MR) is 107 cm³/mol. The summed E-state index contributed by atoms with van der Waals surface area (Å²) in [6.45, 7) is 4.14. The van der Waals surface area contributed by atoms with Gasteiger partial charge in [0.05, 0.1) is 18.4 Å². The third-order valence-corrected chi connectivity index (χ3v) is 5.16. The van der Waals surface area contributed by atoms with E-state index >= 15 is 4.39 Å². The Bertz CT molecular complexity index is 908. The summed E-state index contributed by atoms with van der Waals surface area (Å²) >= 11 is 0. The highest BCUT2D eigenvalue weighted by atomic mass is 19.4. The van der Waals surface area contributed by atoms with Gasteiger partial charge in [0.2, 0.25) is 0 Å². The van der Waals surface area contributed by atoms with Crippen LogP contribution in [0, 0.1) is 5.82 Å². The first-order valence-corrected chi connectivity index (χ1v) is 10.2. The Hall–Kier alpha value is -2.73. The molecule has 1 unspecified atom stereocenters. The van der Waals surface area contributed by atoms with Crippen molar-refractivity contribution in [2.75, 3.05) is 25.5 Å². The van der Waals surface area contributed by atoms with E-state index in [0.717, 1.165) is 12.0 Å². The standard InChI is InChI=1S/C21H25F7N2O4/c1-19(2,3)34-18(32)30-7-5-20(25,6-8-30)15(16(23)24)29-13-10-11(17(31)33-4)9-12(22)14(13)21(26,27)28/h9-10,15-16,29H,5-8H2,1-4H3. The molecule has 1 fully saturated rings. The normalized spacial score (nSPS) is 17.4. The second-order valence-electron chi connectivity index (χ2n) is 8.83. The monoisotopic (exact) mass is 502 g/mol. The number of halogens is 7. The Labute approximate surface area is 191 Å². The molecule has 1 N–H and O–H groups in total. The van der Waals surface area contributed by atoms with Crippen LogP contribution in [0.2, 0.25) is 0 Å². The molecular formula is C21H25F7N2O4. The highest BCUT2D eigenvalue weighted by Crippen LogP contribution is 2.41. The Balaban J connectivity index is 2.36. The number of hydrogen-bond donors (Lipinski definition) is 1. The van der Waals surface area contributed by atoms with Crippen molar-refractivity contribution in [1.82, 2.24) is 4.90 Å². The topological polar surface area (TPSA) is 67.9 Å². The Morgan fingerprint density at radius 2 is 1.68 bits per heavy atom. The molecule has 0 radical (unpaired) electrons. The molecule has 1 aliphatic rings. The number of likely N-dealkylation sites (tertiary alicyclic amines) is 1. The third kappa shape index (κ3) is 6.44. The van der Waals surface area contributed by atoms with Gasteiger partial charge in [0, 0.05) is 25.9 Å². The van der Waals surface area contributed by atoms with Crippen LogP contribution in [0.3, 0.4) is 0 Å². The van der Waals surface area contributed by atoms with E-state index in [1.165, 1.54) is 0 Å².